The molecule has 0 heterocycles. The van der Waals surface area contributed by atoms with Gasteiger partial charge in [-0.1, -0.05) is 0 Å². The second-order valence-corrected chi connectivity index (χ2v) is 5.47. The molecular weight excluding hydrogens is 410 g/mol. The fraction of sp³-hybridized carbons (Fsp3) is 0.286. The molecule has 2 aromatic rings. The number of benzene rings is 2. The van der Waals surface area contributed by atoms with Crippen LogP contribution in [-0.2, 0) is 12.8 Å². The summed E-state index contributed by atoms with van der Waals surface area (Å²) >= 11 is 2.20. The molecule has 0 aromatic heterocycles. The molecule has 0 aliphatic rings. The summed E-state index contributed by atoms with van der Waals surface area (Å²) in [5, 5.41) is 88.9. The van der Waals surface area contributed by atoms with Gasteiger partial charge in [0.2, 0.25) is 0 Å². The van der Waals surface area contributed by atoms with E-state index in [-0.39, 0.29) is 0 Å². The third kappa shape index (κ3) is 23.6. The van der Waals surface area contributed by atoms with Crippen LogP contribution < -0.4 is 4.24 Å². The maximum absolute atomic E-state index is 7.17. The van der Waals surface area contributed by atoms with Gasteiger partial charge in [0.1, 0.15) is 0 Å². The van der Waals surface area contributed by atoms with Crippen molar-refractivity contribution in [3.05, 3.63) is 41.5 Å². The first-order valence-corrected chi connectivity index (χ1v) is 8.87. The molecule has 0 saturated heterocycles. The monoisotopic (exact) mass is 438 g/mol. The maximum atomic E-state index is 7.17. The van der Waals surface area contributed by atoms with Crippen molar-refractivity contribution in [3.63, 3.8) is 0 Å². The van der Waals surface area contributed by atoms with Crippen LogP contribution in [0.2, 0.25) is 0 Å². The van der Waals surface area contributed by atoms with Crippen LogP contribution in [0, 0.1) is 0 Å². The van der Waals surface area contributed by atoms with Gasteiger partial charge in [0.05, 0.1) is 0 Å². The van der Waals surface area contributed by atoms with Gasteiger partial charge in [-0.2, -0.15) is 0 Å². The zero-order chi connectivity index (χ0) is 25.1. The van der Waals surface area contributed by atoms with E-state index in [1.54, 1.807) is 0 Å². The molecule has 0 aliphatic carbocycles. The molecule has 0 amide bonds. The Bertz CT molecular complexity index is 648. The Kier molecular flexibility index (Phi) is 23.4. The van der Waals surface area contributed by atoms with E-state index in [2.05, 4.69) is 61.9 Å². The molecule has 2 rings (SSSR count). The summed E-state index contributed by atoms with van der Waals surface area (Å²) in [6.45, 7) is 4.47. The van der Waals surface area contributed by atoms with Gasteiger partial charge < -0.3 is 60.3 Å². The van der Waals surface area contributed by atoms with Crippen LogP contribution in [-0.4, -0.2) is 107 Å². The Balaban J connectivity index is -0.000000404. The van der Waals surface area contributed by atoms with Gasteiger partial charge in [-0.15, -0.1) is 0 Å². The van der Waals surface area contributed by atoms with Gasteiger partial charge in [0, 0.05) is 0 Å². The molecule has 168 valence electrons. The van der Waals surface area contributed by atoms with E-state index in [1.807, 2.05) is 0 Å². The molecule has 12 nitrogen and oxygen atoms in total. The normalized spacial score (nSPS) is 8.77. The SMILES string of the molecule is OB(O)O.OB(O)O.OB(O)O.OB(O)O.[Li][c]1ccc(CC)c2c(CC)cccc12. The summed E-state index contributed by atoms with van der Waals surface area (Å²) in [7, 11) is -8.67. The zero-order valence-corrected chi connectivity index (χ0v) is 17.5. The first kappa shape index (κ1) is 34.7. The fourth-order valence-corrected chi connectivity index (χ4v) is 2.30. The predicted octanol–water partition coefficient (Wildman–Crippen LogP) is -5.45. The van der Waals surface area contributed by atoms with Crippen molar-refractivity contribution in [2.75, 3.05) is 0 Å². The molecule has 12 N–H and O–H groups in total. The predicted molar refractivity (Wildman–Crippen MR) is 118 cm³/mol. The summed E-state index contributed by atoms with van der Waals surface area (Å²) in [5.74, 6) is 0. The van der Waals surface area contributed by atoms with Crippen LogP contribution in [0.1, 0.15) is 25.0 Å². The molecule has 0 spiro atoms. The fourth-order valence-electron chi connectivity index (χ4n) is 2.30. The molecule has 0 radical (unpaired) electrons. The van der Waals surface area contributed by atoms with Gasteiger partial charge >= 0.3 is 130 Å². The zero-order valence-electron chi connectivity index (χ0n) is 17.5. The summed E-state index contributed by atoms with van der Waals surface area (Å²) in [6.07, 6.45) is 2.24. The van der Waals surface area contributed by atoms with E-state index in [1.165, 1.54) is 26.1 Å². The summed E-state index contributed by atoms with van der Waals surface area (Å²) in [4.78, 5) is 0. The summed E-state index contributed by atoms with van der Waals surface area (Å²) < 4.78 is 1.39. The Morgan fingerprint density at radius 2 is 0.903 bits per heavy atom. The van der Waals surface area contributed by atoms with Crippen molar-refractivity contribution in [1.82, 2.24) is 0 Å². The number of fused-ring (bicyclic) bond motifs is 1. The molecule has 0 unspecified atom stereocenters. The van der Waals surface area contributed by atoms with Crippen molar-refractivity contribution in [3.8, 4) is 0 Å². The van der Waals surface area contributed by atoms with Crippen molar-refractivity contribution in [1.29, 1.82) is 0 Å². The van der Waals surface area contributed by atoms with Crippen molar-refractivity contribution < 1.29 is 60.3 Å². The molecule has 0 fully saturated rings. The third-order valence-electron chi connectivity index (χ3n) is 3.19. The van der Waals surface area contributed by atoms with E-state index in [9.17, 15) is 0 Å². The van der Waals surface area contributed by atoms with Gasteiger partial charge in [0.25, 0.3) is 0 Å². The Hall–Kier alpha value is -0.923. The molecule has 0 aliphatic heterocycles. The average molecular weight is 438 g/mol. The first-order valence-electron chi connectivity index (χ1n) is 8.87. The van der Waals surface area contributed by atoms with Crippen LogP contribution in [0.4, 0.5) is 0 Å². The number of rotatable bonds is 2. The van der Waals surface area contributed by atoms with Crippen LogP contribution >= 0.6 is 0 Å². The number of hydrogen-bond acceptors (Lipinski definition) is 12. The number of aryl methyl sites for hydroxylation is 2. The molecule has 0 atom stereocenters. The van der Waals surface area contributed by atoms with E-state index >= 15 is 0 Å². The van der Waals surface area contributed by atoms with E-state index in [0.29, 0.717) is 0 Å². The minimum absolute atomic E-state index is 1.12. The van der Waals surface area contributed by atoms with Crippen molar-refractivity contribution >= 4 is 62.0 Å². The van der Waals surface area contributed by atoms with Gasteiger partial charge in [-0.05, 0) is 0 Å². The first-order chi connectivity index (χ1) is 14.2. The summed E-state index contributed by atoms with van der Waals surface area (Å²) in [5.41, 5.74) is 2.96. The topological polar surface area (TPSA) is 243 Å². The minimum atomic E-state index is -2.17. The van der Waals surface area contributed by atoms with Crippen LogP contribution in [0.3, 0.4) is 0 Å². The van der Waals surface area contributed by atoms with Gasteiger partial charge in [-0.25, -0.2) is 0 Å². The molecule has 31 heavy (non-hydrogen) atoms. The van der Waals surface area contributed by atoms with Gasteiger partial charge in [-0.3, -0.25) is 0 Å². The van der Waals surface area contributed by atoms with Crippen molar-refractivity contribution in [2.24, 2.45) is 0 Å². The molecule has 0 saturated carbocycles. The second-order valence-electron chi connectivity index (χ2n) is 5.47. The summed E-state index contributed by atoms with van der Waals surface area (Å²) in [6, 6.07) is 11.2. The van der Waals surface area contributed by atoms with Crippen LogP contribution in [0.5, 0.6) is 0 Å². The van der Waals surface area contributed by atoms with Crippen LogP contribution in [0.25, 0.3) is 10.8 Å². The van der Waals surface area contributed by atoms with E-state index in [0.717, 1.165) is 12.8 Å². The standard InChI is InChI=1S/C14H15.4BH3O3.Li/c1-3-11-7-5-9-13-10-6-8-12(4-2)14(11)13;4*2-1(3)4;/h5-9H,3-4H2,1-2H3;4*2-4H;. The van der Waals surface area contributed by atoms with Crippen molar-refractivity contribution in [2.45, 2.75) is 26.7 Å². The Morgan fingerprint density at radius 1 is 0.581 bits per heavy atom. The van der Waals surface area contributed by atoms with Crippen LogP contribution in [0.15, 0.2) is 30.3 Å². The molecule has 2 aromatic carbocycles. The Morgan fingerprint density at radius 3 is 1.23 bits per heavy atom. The van der Waals surface area contributed by atoms with E-state index < -0.39 is 29.3 Å². The average Bonchev–Trinajstić information content (AvgIpc) is 2.60. The van der Waals surface area contributed by atoms with E-state index in [4.69, 9.17) is 60.3 Å². The Labute approximate surface area is 190 Å². The van der Waals surface area contributed by atoms with Gasteiger partial charge in [0.15, 0.2) is 0 Å². The molecular formula is C14H27B4LiO12. The number of hydrogen-bond donors (Lipinski definition) is 12. The third-order valence-corrected chi connectivity index (χ3v) is 3.19. The second kappa shape index (κ2) is 21.0. The molecule has 17 heteroatoms. The quantitative estimate of drug-likeness (QED) is 0.197. The molecule has 0 bridgehead atoms.